The summed E-state index contributed by atoms with van der Waals surface area (Å²) in [5.41, 5.74) is 1.23. The lowest BCUT2D eigenvalue weighted by Gasteiger charge is -2.39. The zero-order valence-corrected chi connectivity index (χ0v) is 20.5. The number of benzene rings is 1. The molecule has 2 aromatic rings. The molecule has 1 aromatic heterocycles. The third kappa shape index (κ3) is 3.91. The molecule has 7 heteroatoms. The monoisotopic (exact) mass is 468 g/mol. The van der Waals surface area contributed by atoms with Crippen LogP contribution in [0.25, 0.3) is 11.0 Å². The average molecular weight is 469 g/mol. The highest BCUT2D eigenvalue weighted by Crippen LogP contribution is 2.54. The molecule has 1 aliphatic carbocycles. The molecule has 0 amide bonds. The largest absolute Gasteiger partial charge is 0.506 e. The van der Waals surface area contributed by atoms with E-state index in [4.69, 9.17) is 13.9 Å². The van der Waals surface area contributed by atoms with Gasteiger partial charge in [-0.2, -0.15) is 0 Å². The first kappa shape index (κ1) is 24.0. The molecule has 182 valence electrons. The van der Waals surface area contributed by atoms with E-state index in [9.17, 15) is 19.5 Å². The molecule has 4 rings (SSSR count). The van der Waals surface area contributed by atoms with Crippen molar-refractivity contribution in [3.63, 3.8) is 0 Å². The first-order valence-corrected chi connectivity index (χ1v) is 11.9. The van der Waals surface area contributed by atoms with Crippen molar-refractivity contribution in [1.29, 1.82) is 0 Å². The summed E-state index contributed by atoms with van der Waals surface area (Å²) < 4.78 is 17.2. The van der Waals surface area contributed by atoms with Gasteiger partial charge in [-0.25, -0.2) is 4.79 Å². The van der Waals surface area contributed by atoms with Crippen LogP contribution in [0.1, 0.15) is 64.7 Å². The number of fused-ring (bicyclic) bond motifs is 2. The third-order valence-electron chi connectivity index (χ3n) is 7.38. The fourth-order valence-electron chi connectivity index (χ4n) is 5.68. The Bertz CT molecular complexity index is 1240. The minimum Gasteiger partial charge on any atom is -0.506 e. The van der Waals surface area contributed by atoms with E-state index >= 15 is 0 Å². The molecule has 0 saturated heterocycles. The lowest BCUT2D eigenvalue weighted by molar-refractivity contribution is -0.156. The number of aromatic hydroxyl groups is 1. The maximum absolute atomic E-state index is 13.5. The second-order valence-electron chi connectivity index (χ2n) is 10.0. The van der Waals surface area contributed by atoms with Crippen molar-refractivity contribution in [3.05, 3.63) is 51.1 Å². The number of hydrogen-bond donors (Lipinski definition) is 1. The van der Waals surface area contributed by atoms with Gasteiger partial charge < -0.3 is 19.0 Å². The predicted octanol–water partition coefficient (Wildman–Crippen LogP) is 4.97. The van der Waals surface area contributed by atoms with Crippen molar-refractivity contribution in [2.24, 2.45) is 23.7 Å². The fraction of sp³-hybridized carbons (Fsp3) is 0.519. The van der Waals surface area contributed by atoms with Crippen molar-refractivity contribution < 1.29 is 28.6 Å². The lowest BCUT2D eigenvalue weighted by Crippen LogP contribution is -2.39. The van der Waals surface area contributed by atoms with Gasteiger partial charge in [-0.1, -0.05) is 32.9 Å². The molecular formula is C27H32O7. The van der Waals surface area contributed by atoms with E-state index in [1.165, 1.54) is 6.92 Å². The Kier molecular flexibility index (Phi) is 6.32. The number of Topliss-reactive ketones (excluding diaryl/α,β-unsaturated/α-hetero) is 1. The van der Waals surface area contributed by atoms with Gasteiger partial charge in [-0.05, 0) is 61.6 Å². The van der Waals surface area contributed by atoms with E-state index in [1.807, 2.05) is 19.9 Å². The third-order valence-corrected chi connectivity index (χ3v) is 7.38. The van der Waals surface area contributed by atoms with Crippen LogP contribution in [0, 0.1) is 30.6 Å². The summed E-state index contributed by atoms with van der Waals surface area (Å²) in [6.07, 6.45) is -0.102. The number of esters is 1. The summed E-state index contributed by atoms with van der Waals surface area (Å²) in [5.74, 6) is -1.17. The van der Waals surface area contributed by atoms with Gasteiger partial charge in [0, 0.05) is 12.8 Å². The van der Waals surface area contributed by atoms with Gasteiger partial charge in [0.15, 0.2) is 11.9 Å². The van der Waals surface area contributed by atoms with Crippen molar-refractivity contribution in [2.75, 3.05) is 0 Å². The number of carbonyl (C=O) groups is 2. The molecule has 2 heterocycles. The SMILES string of the molecule is CC(=O)O[C@@H](C(=O)C1=C(C)[C@H]2CC[C@H](C)[C@H]2[C@@H](c2c(O)c3c(C)cccc3oc2=O)O1)C(C)C. The van der Waals surface area contributed by atoms with Crippen LogP contribution in [0.2, 0.25) is 0 Å². The van der Waals surface area contributed by atoms with Crippen molar-refractivity contribution in [1.82, 2.24) is 0 Å². The van der Waals surface area contributed by atoms with Gasteiger partial charge in [0.2, 0.25) is 5.78 Å². The molecule has 0 unspecified atom stereocenters. The second kappa shape index (κ2) is 8.93. The van der Waals surface area contributed by atoms with Crippen LogP contribution in [0.4, 0.5) is 0 Å². The fourth-order valence-corrected chi connectivity index (χ4v) is 5.68. The summed E-state index contributed by atoms with van der Waals surface area (Å²) in [6.45, 7) is 10.7. The Morgan fingerprint density at radius 1 is 1.18 bits per heavy atom. The molecule has 0 spiro atoms. The Morgan fingerprint density at radius 3 is 2.53 bits per heavy atom. The normalized spacial score (nSPS) is 25.3. The van der Waals surface area contributed by atoms with Gasteiger partial charge >= 0.3 is 11.6 Å². The molecule has 1 aliphatic heterocycles. The number of carbonyl (C=O) groups excluding carboxylic acids is 2. The van der Waals surface area contributed by atoms with Gasteiger partial charge in [0.05, 0.1) is 5.39 Å². The van der Waals surface area contributed by atoms with E-state index in [0.29, 0.717) is 11.0 Å². The van der Waals surface area contributed by atoms with Gasteiger partial charge in [-0.3, -0.25) is 9.59 Å². The minimum absolute atomic E-state index is 0.00390. The zero-order valence-electron chi connectivity index (χ0n) is 20.5. The molecule has 34 heavy (non-hydrogen) atoms. The van der Waals surface area contributed by atoms with E-state index in [1.54, 1.807) is 26.0 Å². The Hall–Kier alpha value is -3.09. The number of ether oxygens (including phenoxy) is 2. The summed E-state index contributed by atoms with van der Waals surface area (Å²) in [5, 5.41) is 11.7. The van der Waals surface area contributed by atoms with E-state index in [2.05, 4.69) is 6.92 Å². The Labute approximate surface area is 198 Å². The zero-order chi connectivity index (χ0) is 24.9. The molecule has 1 fully saturated rings. The number of allylic oxidation sites excluding steroid dienone is 1. The van der Waals surface area contributed by atoms with Crippen LogP contribution in [-0.4, -0.2) is 23.0 Å². The molecule has 7 nitrogen and oxygen atoms in total. The van der Waals surface area contributed by atoms with Crippen LogP contribution < -0.4 is 5.63 Å². The van der Waals surface area contributed by atoms with Crippen LogP contribution in [0.3, 0.4) is 0 Å². The maximum Gasteiger partial charge on any atom is 0.347 e. The average Bonchev–Trinajstić information content (AvgIpc) is 3.14. The smallest absolute Gasteiger partial charge is 0.347 e. The number of rotatable bonds is 5. The van der Waals surface area contributed by atoms with Crippen LogP contribution in [0.15, 0.2) is 38.7 Å². The van der Waals surface area contributed by atoms with Crippen LogP contribution in [0.5, 0.6) is 5.75 Å². The highest BCUT2D eigenvalue weighted by molar-refractivity contribution is 5.99. The molecule has 2 aliphatic rings. The van der Waals surface area contributed by atoms with Gasteiger partial charge in [0.1, 0.15) is 23.0 Å². The quantitative estimate of drug-likeness (QED) is 0.488. The standard InChI is InChI=1S/C27H32O7/c1-12(2)24(32-16(6)28)23(30)25-15(5)17-11-10-14(4)19(17)26(34-25)21-22(29)20-13(3)8-7-9-18(20)33-27(21)31/h7-9,12,14,17,19,24,26,29H,10-11H2,1-6H3/t14-,17+,19+,24+,26-/m0/s1. The van der Waals surface area contributed by atoms with Crippen LogP contribution in [-0.2, 0) is 19.1 Å². The molecule has 0 bridgehead atoms. The van der Waals surface area contributed by atoms with E-state index in [0.717, 1.165) is 24.0 Å². The van der Waals surface area contributed by atoms with E-state index in [-0.39, 0.29) is 40.7 Å². The number of hydrogen-bond acceptors (Lipinski definition) is 7. The first-order valence-electron chi connectivity index (χ1n) is 11.9. The second-order valence-corrected chi connectivity index (χ2v) is 10.0. The predicted molar refractivity (Wildman–Crippen MR) is 126 cm³/mol. The number of ketones is 1. The topological polar surface area (TPSA) is 103 Å². The molecule has 5 atom stereocenters. The van der Waals surface area contributed by atoms with E-state index < -0.39 is 29.6 Å². The highest BCUT2D eigenvalue weighted by atomic mass is 16.6. The van der Waals surface area contributed by atoms with Crippen molar-refractivity contribution in [2.45, 2.75) is 66.6 Å². The molecule has 1 saturated carbocycles. The summed E-state index contributed by atoms with van der Waals surface area (Å²) in [7, 11) is 0. The Balaban J connectivity index is 1.87. The molecular weight excluding hydrogens is 436 g/mol. The minimum atomic E-state index is -0.998. The maximum atomic E-state index is 13.5. The molecule has 0 radical (unpaired) electrons. The van der Waals surface area contributed by atoms with Gasteiger partial charge in [0.25, 0.3) is 0 Å². The van der Waals surface area contributed by atoms with Gasteiger partial charge in [-0.15, -0.1) is 0 Å². The first-order chi connectivity index (χ1) is 16.0. The van der Waals surface area contributed by atoms with Crippen LogP contribution >= 0.6 is 0 Å². The molecule has 1 aromatic carbocycles. The lowest BCUT2D eigenvalue weighted by atomic mass is 9.76. The summed E-state index contributed by atoms with van der Waals surface area (Å²) in [4.78, 5) is 38.3. The highest BCUT2D eigenvalue weighted by Gasteiger charge is 2.49. The van der Waals surface area contributed by atoms with Crippen molar-refractivity contribution in [3.8, 4) is 5.75 Å². The summed E-state index contributed by atoms with van der Waals surface area (Å²) in [6, 6.07) is 5.23. The number of aryl methyl sites for hydroxylation is 1. The van der Waals surface area contributed by atoms with Crippen molar-refractivity contribution >= 4 is 22.7 Å². The summed E-state index contributed by atoms with van der Waals surface area (Å²) >= 11 is 0. The Morgan fingerprint density at radius 2 is 1.88 bits per heavy atom. The molecule has 1 N–H and O–H groups in total.